The van der Waals surface area contributed by atoms with Gasteiger partial charge in [-0.25, -0.2) is 4.79 Å². The summed E-state index contributed by atoms with van der Waals surface area (Å²) in [5.74, 6) is 0. The van der Waals surface area contributed by atoms with Crippen LogP contribution >= 0.6 is 0 Å². The monoisotopic (exact) mass is 288 g/mol. The van der Waals surface area contributed by atoms with Crippen molar-refractivity contribution >= 4 is 28.2 Å². The second-order valence-electron chi connectivity index (χ2n) is 5.49. The van der Waals surface area contributed by atoms with Crippen molar-refractivity contribution in [3.05, 3.63) is 72.3 Å². The quantitative estimate of drug-likeness (QED) is 0.705. The van der Waals surface area contributed by atoms with Crippen LogP contribution in [0.1, 0.15) is 5.56 Å². The van der Waals surface area contributed by atoms with Gasteiger partial charge in [0.15, 0.2) is 0 Å². The zero-order valence-electron chi connectivity index (χ0n) is 12.1. The van der Waals surface area contributed by atoms with E-state index < -0.39 is 0 Å². The third kappa shape index (κ3) is 2.11. The molecule has 0 atom stereocenters. The lowest BCUT2D eigenvalue weighted by Crippen LogP contribution is -2.33. The number of para-hydroxylation sites is 1. The molecule has 0 saturated carbocycles. The fourth-order valence-electron chi connectivity index (χ4n) is 3.07. The molecule has 0 aliphatic carbocycles. The third-order valence-corrected chi connectivity index (χ3v) is 4.16. The highest BCUT2D eigenvalue weighted by Crippen LogP contribution is 2.29. The van der Waals surface area contributed by atoms with E-state index in [0.29, 0.717) is 0 Å². The van der Waals surface area contributed by atoms with Crippen molar-refractivity contribution in [3.63, 3.8) is 0 Å². The fraction of sp³-hybridized carbons (Fsp3) is 0.105. The summed E-state index contributed by atoms with van der Waals surface area (Å²) >= 11 is 0. The van der Waals surface area contributed by atoms with Gasteiger partial charge in [-0.05, 0) is 29.5 Å². The Morgan fingerprint density at radius 1 is 0.909 bits per heavy atom. The molecule has 1 heterocycles. The largest absolute Gasteiger partial charge is 0.326 e. The number of rotatable bonds is 1. The van der Waals surface area contributed by atoms with Crippen LogP contribution < -0.4 is 10.2 Å². The Kier molecular flexibility index (Phi) is 3.04. The molecule has 1 aliphatic heterocycles. The summed E-state index contributed by atoms with van der Waals surface area (Å²) in [6.07, 6.45) is 0.916. The number of nitrogens with zero attached hydrogens (tertiary/aromatic N) is 1. The van der Waals surface area contributed by atoms with Crippen LogP contribution in [0.3, 0.4) is 0 Å². The number of anilines is 2. The van der Waals surface area contributed by atoms with Crippen molar-refractivity contribution in [2.75, 3.05) is 16.8 Å². The minimum absolute atomic E-state index is 0.0682. The molecule has 0 radical (unpaired) electrons. The Bertz CT molecular complexity index is 851. The summed E-state index contributed by atoms with van der Waals surface area (Å²) in [5, 5.41) is 5.24. The molecule has 3 aromatic rings. The summed E-state index contributed by atoms with van der Waals surface area (Å²) in [7, 11) is 0. The van der Waals surface area contributed by atoms with E-state index in [4.69, 9.17) is 0 Å². The van der Waals surface area contributed by atoms with Gasteiger partial charge in [0, 0.05) is 17.6 Å². The molecule has 1 aliphatic rings. The highest BCUT2D eigenvalue weighted by atomic mass is 16.2. The van der Waals surface area contributed by atoms with Gasteiger partial charge in [0.05, 0.1) is 5.69 Å². The van der Waals surface area contributed by atoms with Gasteiger partial charge in [0.1, 0.15) is 0 Å². The minimum atomic E-state index is -0.0682. The highest BCUT2D eigenvalue weighted by molar-refractivity contribution is 6.08. The molecule has 22 heavy (non-hydrogen) atoms. The van der Waals surface area contributed by atoms with Gasteiger partial charge in [-0.2, -0.15) is 0 Å². The molecular weight excluding hydrogens is 272 g/mol. The fourth-order valence-corrected chi connectivity index (χ4v) is 3.07. The molecule has 4 rings (SSSR count). The number of carbonyl (C=O) groups excluding carboxylic acids is 1. The van der Waals surface area contributed by atoms with Crippen LogP contribution in [0.25, 0.3) is 10.8 Å². The summed E-state index contributed by atoms with van der Waals surface area (Å²) in [6.45, 7) is 0.732. The van der Waals surface area contributed by atoms with Crippen LogP contribution in [-0.2, 0) is 6.42 Å². The topological polar surface area (TPSA) is 32.3 Å². The molecule has 3 nitrogen and oxygen atoms in total. The summed E-state index contributed by atoms with van der Waals surface area (Å²) < 4.78 is 0. The maximum atomic E-state index is 12.6. The maximum Gasteiger partial charge on any atom is 0.326 e. The predicted molar refractivity (Wildman–Crippen MR) is 90.5 cm³/mol. The first-order valence-electron chi connectivity index (χ1n) is 7.47. The lowest BCUT2D eigenvalue weighted by Gasteiger charge is -2.18. The zero-order chi connectivity index (χ0) is 14.9. The second kappa shape index (κ2) is 5.19. The average molecular weight is 288 g/mol. The number of benzene rings is 3. The number of amides is 2. The number of carbonyl (C=O) groups is 1. The van der Waals surface area contributed by atoms with E-state index in [1.807, 2.05) is 53.4 Å². The number of hydrogen-bond acceptors (Lipinski definition) is 1. The number of hydrogen-bond donors (Lipinski definition) is 1. The molecule has 0 unspecified atom stereocenters. The predicted octanol–water partition coefficient (Wildman–Crippen LogP) is 4.43. The summed E-state index contributed by atoms with van der Waals surface area (Å²) in [6, 6.07) is 22.1. The standard InChI is InChI=1S/C19H16N2O/c22-19(21-13-12-15-7-2-4-11-18(15)21)20-17-10-5-8-14-6-1-3-9-16(14)17/h1-11H,12-13H2,(H,20,22). The van der Waals surface area contributed by atoms with Crippen LogP contribution in [0.4, 0.5) is 16.2 Å². The van der Waals surface area contributed by atoms with E-state index >= 15 is 0 Å². The molecule has 3 aromatic carbocycles. The normalized spacial score (nSPS) is 13.2. The third-order valence-electron chi connectivity index (χ3n) is 4.16. The van der Waals surface area contributed by atoms with E-state index in [1.165, 1.54) is 5.56 Å². The molecule has 1 N–H and O–H groups in total. The first kappa shape index (κ1) is 12.9. The smallest absolute Gasteiger partial charge is 0.307 e. The van der Waals surface area contributed by atoms with Crippen molar-refractivity contribution < 1.29 is 4.79 Å². The molecule has 0 aromatic heterocycles. The molecule has 0 spiro atoms. The Balaban J connectivity index is 1.65. The van der Waals surface area contributed by atoms with Gasteiger partial charge in [0.2, 0.25) is 0 Å². The molecule has 0 fully saturated rings. The van der Waals surface area contributed by atoms with E-state index in [9.17, 15) is 4.79 Å². The summed E-state index contributed by atoms with van der Waals surface area (Å²) in [5.41, 5.74) is 3.10. The van der Waals surface area contributed by atoms with Crippen molar-refractivity contribution in [3.8, 4) is 0 Å². The molecule has 2 amide bonds. The maximum absolute atomic E-state index is 12.6. The van der Waals surface area contributed by atoms with E-state index in [-0.39, 0.29) is 6.03 Å². The van der Waals surface area contributed by atoms with Crippen LogP contribution in [-0.4, -0.2) is 12.6 Å². The highest BCUT2D eigenvalue weighted by Gasteiger charge is 2.24. The van der Waals surface area contributed by atoms with E-state index in [0.717, 1.165) is 35.1 Å². The van der Waals surface area contributed by atoms with E-state index in [2.05, 4.69) is 23.5 Å². The van der Waals surface area contributed by atoms with Gasteiger partial charge < -0.3 is 5.32 Å². The van der Waals surface area contributed by atoms with Crippen LogP contribution in [0.5, 0.6) is 0 Å². The van der Waals surface area contributed by atoms with Gasteiger partial charge in [-0.15, -0.1) is 0 Å². The van der Waals surface area contributed by atoms with Crippen molar-refractivity contribution in [2.24, 2.45) is 0 Å². The lowest BCUT2D eigenvalue weighted by molar-refractivity contribution is 0.257. The molecule has 108 valence electrons. The van der Waals surface area contributed by atoms with Crippen molar-refractivity contribution in [1.29, 1.82) is 0 Å². The van der Waals surface area contributed by atoms with Crippen LogP contribution in [0, 0.1) is 0 Å². The van der Waals surface area contributed by atoms with Crippen LogP contribution in [0.15, 0.2) is 66.7 Å². The van der Waals surface area contributed by atoms with Crippen molar-refractivity contribution in [2.45, 2.75) is 6.42 Å². The molecule has 3 heteroatoms. The van der Waals surface area contributed by atoms with Crippen LogP contribution in [0.2, 0.25) is 0 Å². The minimum Gasteiger partial charge on any atom is -0.307 e. The Morgan fingerprint density at radius 2 is 1.68 bits per heavy atom. The molecular formula is C19H16N2O. The Hall–Kier alpha value is -2.81. The van der Waals surface area contributed by atoms with Gasteiger partial charge in [0.25, 0.3) is 0 Å². The second-order valence-corrected chi connectivity index (χ2v) is 5.49. The first-order chi connectivity index (χ1) is 10.8. The zero-order valence-corrected chi connectivity index (χ0v) is 12.1. The average Bonchev–Trinajstić information content (AvgIpc) is 2.99. The molecule has 0 saturated heterocycles. The van der Waals surface area contributed by atoms with Gasteiger partial charge >= 0.3 is 6.03 Å². The Morgan fingerprint density at radius 3 is 2.64 bits per heavy atom. The number of fused-ring (bicyclic) bond motifs is 2. The lowest BCUT2D eigenvalue weighted by atomic mass is 10.1. The SMILES string of the molecule is O=C(Nc1cccc2ccccc12)N1CCc2ccccc21. The summed E-state index contributed by atoms with van der Waals surface area (Å²) in [4.78, 5) is 14.5. The van der Waals surface area contributed by atoms with Gasteiger partial charge in [-0.1, -0.05) is 54.6 Å². The van der Waals surface area contributed by atoms with Crippen molar-refractivity contribution in [1.82, 2.24) is 0 Å². The first-order valence-corrected chi connectivity index (χ1v) is 7.47. The number of nitrogens with one attached hydrogen (secondary N) is 1. The molecule has 0 bridgehead atoms. The van der Waals surface area contributed by atoms with Gasteiger partial charge in [-0.3, -0.25) is 4.90 Å². The number of urea groups is 1. The van der Waals surface area contributed by atoms with E-state index in [1.54, 1.807) is 0 Å². The Labute approximate surface area is 129 Å².